The average Bonchev–Trinajstić information content (AvgIpc) is 2.47. The van der Waals surface area contributed by atoms with Gasteiger partial charge in [-0.1, -0.05) is 30.3 Å². The van der Waals surface area contributed by atoms with Crippen LogP contribution in [0.2, 0.25) is 0 Å². The van der Waals surface area contributed by atoms with Gasteiger partial charge in [0.15, 0.2) is 0 Å². The molecule has 1 N–H and O–H groups in total. The Balaban J connectivity index is 1.75. The van der Waals surface area contributed by atoms with Crippen LogP contribution in [-0.4, -0.2) is 42.7 Å². The minimum atomic E-state index is -0.740. The Bertz CT molecular complexity index is 597. The molecule has 2 rings (SSSR count). The number of hydrogen-bond acceptors (Lipinski definition) is 3. The third-order valence-electron chi connectivity index (χ3n) is 3.39. The number of rotatable bonds is 8. The highest BCUT2D eigenvalue weighted by Gasteiger charge is 2.02. The van der Waals surface area contributed by atoms with Gasteiger partial charge in [0.05, 0.1) is 0 Å². The molecule has 21 heavy (non-hydrogen) atoms. The van der Waals surface area contributed by atoms with Crippen molar-refractivity contribution in [1.29, 1.82) is 0 Å². The van der Waals surface area contributed by atoms with E-state index in [9.17, 15) is 4.79 Å². The molecule has 0 unspecified atom stereocenters. The molecule has 0 atom stereocenters. The first-order valence-electron chi connectivity index (χ1n) is 7.17. The summed E-state index contributed by atoms with van der Waals surface area (Å²) in [4.78, 5) is 12.5. The molecule has 0 saturated carbocycles. The maximum absolute atomic E-state index is 10.4. The van der Waals surface area contributed by atoms with Crippen molar-refractivity contribution in [3.8, 4) is 5.75 Å². The number of carboxylic acids is 1. The zero-order valence-corrected chi connectivity index (χ0v) is 12.3. The zero-order chi connectivity index (χ0) is 15.1. The van der Waals surface area contributed by atoms with E-state index in [1.807, 2.05) is 31.3 Å². The maximum atomic E-state index is 10.4. The van der Waals surface area contributed by atoms with Crippen molar-refractivity contribution in [2.75, 3.05) is 26.7 Å². The molecule has 0 fully saturated rings. The molecule has 0 spiro atoms. The summed E-state index contributed by atoms with van der Waals surface area (Å²) in [6.45, 7) is 2.15. The van der Waals surface area contributed by atoms with E-state index < -0.39 is 5.97 Å². The van der Waals surface area contributed by atoms with Crippen LogP contribution in [0.1, 0.15) is 12.8 Å². The molecule has 0 heterocycles. The fraction of sp³-hybridized carbons (Fsp3) is 0.353. The second-order valence-electron chi connectivity index (χ2n) is 5.16. The molecule has 4 heteroatoms. The number of hydrogen-bond donors (Lipinski definition) is 1. The molecule has 0 amide bonds. The summed E-state index contributed by atoms with van der Waals surface area (Å²) < 4.78 is 5.75. The Kier molecular flexibility index (Phi) is 5.58. The average molecular weight is 287 g/mol. The molecular formula is C17H21NO3. The number of carbonyl (C=O) groups is 1. The van der Waals surface area contributed by atoms with Crippen LogP contribution in [0.5, 0.6) is 5.75 Å². The number of likely N-dealkylation sites (N-methyl/N-ethyl adjacent to an activating group) is 1. The van der Waals surface area contributed by atoms with Crippen LogP contribution in [0, 0.1) is 0 Å². The van der Waals surface area contributed by atoms with Gasteiger partial charge in [-0.3, -0.25) is 4.79 Å². The lowest BCUT2D eigenvalue weighted by Crippen LogP contribution is -2.25. The number of nitrogens with zero attached hydrogens (tertiary/aromatic N) is 1. The van der Waals surface area contributed by atoms with E-state index in [1.54, 1.807) is 0 Å². The minimum Gasteiger partial charge on any atom is -0.492 e. The predicted octanol–water partition coefficient (Wildman–Crippen LogP) is 3.02. The van der Waals surface area contributed by atoms with Gasteiger partial charge in [0.1, 0.15) is 12.4 Å². The number of benzene rings is 2. The van der Waals surface area contributed by atoms with Crippen LogP contribution < -0.4 is 4.74 Å². The van der Waals surface area contributed by atoms with Crippen molar-refractivity contribution in [2.45, 2.75) is 12.8 Å². The molecule has 0 bridgehead atoms. The first-order valence-corrected chi connectivity index (χ1v) is 7.17. The molecule has 0 aliphatic heterocycles. The number of ether oxygens (including phenoxy) is 1. The summed E-state index contributed by atoms with van der Waals surface area (Å²) in [5.74, 6) is 0.128. The lowest BCUT2D eigenvalue weighted by atomic mass is 10.1. The van der Waals surface area contributed by atoms with Gasteiger partial charge in [0, 0.05) is 13.0 Å². The Morgan fingerprint density at radius 1 is 1.14 bits per heavy atom. The van der Waals surface area contributed by atoms with Crippen LogP contribution in [0.25, 0.3) is 10.8 Å². The first kappa shape index (κ1) is 15.3. The number of carboxylic acid groups (broad SMARTS) is 1. The van der Waals surface area contributed by atoms with Gasteiger partial charge < -0.3 is 14.7 Å². The predicted molar refractivity (Wildman–Crippen MR) is 83.8 cm³/mol. The molecule has 112 valence electrons. The third kappa shape index (κ3) is 5.08. The van der Waals surface area contributed by atoms with Gasteiger partial charge >= 0.3 is 5.97 Å². The van der Waals surface area contributed by atoms with Crippen molar-refractivity contribution in [1.82, 2.24) is 4.90 Å². The zero-order valence-electron chi connectivity index (χ0n) is 12.3. The molecule has 0 radical (unpaired) electrons. The Hall–Kier alpha value is -2.07. The first-order chi connectivity index (χ1) is 10.1. The van der Waals surface area contributed by atoms with Crippen molar-refractivity contribution in [3.63, 3.8) is 0 Å². The second kappa shape index (κ2) is 7.64. The molecule has 0 aliphatic carbocycles. The normalized spacial score (nSPS) is 11.0. The Morgan fingerprint density at radius 2 is 1.90 bits per heavy atom. The van der Waals surface area contributed by atoms with Gasteiger partial charge in [0.2, 0.25) is 0 Å². The highest BCUT2D eigenvalue weighted by Crippen LogP contribution is 2.20. The Labute approximate surface area is 124 Å². The Morgan fingerprint density at radius 3 is 2.67 bits per heavy atom. The highest BCUT2D eigenvalue weighted by molar-refractivity contribution is 5.83. The van der Waals surface area contributed by atoms with E-state index in [1.165, 1.54) is 10.8 Å². The van der Waals surface area contributed by atoms with Gasteiger partial charge in [-0.15, -0.1) is 0 Å². The van der Waals surface area contributed by atoms with Crippen LogP contribution in [0.15, 0.2) is 42.5 Å². The van der Waals surface area contributed by atoms with Crippen LogP contribution in [-0.2, 0) is 4.79 Å². The van der Waals surface area contributed by atoms with Crippen LogP contribution in [0.4, 0.5) is 0 Å². The summed E-state index contributed by atoms with van der Waals surface area (Å²) in [6.07, 6.45) is 0.887. The quantitative estimate of drug-likeness (QED) is 0.811. The molecule has 0 saturated heterocycles. The van der Waals surface area contributed by atoms with E-state index in [2.05, 4.69) is 23.1 Å². The van der Waals surface area contributed by atoms with Crippen molar-refractivity contribution in [3.05, 3.63) is 42.5 Å². The molecule has 2 aromatic rings. The molecule has 4 nitrogen and oxygen atoms in total. The SMILES string of the molecule is CN(CCCC(=O)O)CCOc1ccc2ccccc2c1. The van der Waals surface area contributed by atoms with E-state index >= 15 is 0 Å². The fourth-order valence-corrected chi connectivity index (χ4v) is 2.19. The summed E-state index contributed by atoms with van der Waals surface area (Å²) in [6, 6.07) is 14.3. The van der Waals surface area contributed by atoms with E-state index in [4.69, 9.17) is 9.84 Å². The maximum Gasteiger partial charge on any atom is 0.303 e. The standard InChI is InChI=1S/C17H21NO3/c1-18(10-4-7-17(19)20)11-12-21-16-9-8-14-5-2-3-6-15(14)13-16/h2-3,5-6,8-9,13H,4,7,10-12H2,1H3,(H,19,20). The summed E-state index contributed by atoms with van der Waals surface area (Å²) >= 11 is 0. The largest absolute Gasteiger partial charge is 0.492 e. The van der Waals surface area contributed by atoms with Gasteiger partial charge in [-0.25, -0.2) is 0 Å². The smallest absolute Gasteiger partial charge is 0.303 e. The highest BCUT2D eigenvalue weighted by atomic mass is 16.5. The van der Waals surface area contributed by atoms with Gasteiger partial charge in [0.25, 0.3) is 0 Å². The summed E-state index contributed by atoms with van der Waals surface area (Å²) in [5, 5.41) is 11.0. The third-order valence-corrected chi connectivity index (χ3v) is 3.39. The second-order valence-corrected chi connectivity index (χ2v) is 5.16. The minimum absolute atomic E-state index is 0.218. The molecular weight excluding hydrogens is 266 g/mol. The topological polar surface area (TPSA) is 49.8 Å². The van der Waals surface area contributed by atoms with Crippen LogP contribution >= 0.6 is 0 Å². The van der Waals surface area contributed by atoms with Crippen LogP contribution in [0.3, 0.4) is 0 Å². The van der Waals surface area contributed by atoms with E-state index in [0.717, 1.165) is 18.8 Å². The van der Waals surface area contributed by atoms with Crippen molar-refractivity contribution in [2.24, 2.45) is 0 Å². The number of aliphatic carboxylic acids is 1. The molecule has 0 aromatic heterocycles. The summed E-state index contributed by atoms with van der Waals surface area (Å²) in [7, 11) is 1.98. The molecule has 0 aliphatic rings. The molecule has 2 aromatic carbocycles. The van der Waals surface area contributed by atoms with Gasteiger partial charge in [-0.05, 0) is 42.9 Å². The number of fused-ring (bicyclic) bond motifs is 1. The van der Waals surface area contributed by atoms with Gasteiger partial charge in [-0.2, -0.15) is 0 Å². The van der Waals surface area contributed by atoms with E-state index in [-0.39, 0.29) is 6.42 Å². The lowest BCUT2D eigenvalue weighted by molar-refractivity contribution is -0.137. The van der Waals surface area contributed by atoms with Crippen molar-refractivity contribution >= 4 is 16.7 Å². The lowest BCUT2D eigenvalue weighted by Gasteiger charge is -2.16. The fourth-order valence-electron chi connectivity index (χ4n) is 2.19. The van der Waals surface area contributed by atoms with Crippen molar-refractivity contribution < 1.29 is 14.6 Å². The van der Waals surface area contributed by atoms with E-state index in [0.29, 0.717) is 13.0 Å². The monoisotopic (exact) mass is 287 g/mol. The summed E-state index contributed by atoms with van der Waals surface area (Å²) in [5.41, 5.74) is 0.